The topological polar surface area (TPSA) is 71.4 Å². The van der Waals surface area contributed by atoms with Crippen molar-refractivity contribution in [2.24, 2.45) is 0 Å². The predicted molar refractivity (Wildman–Crippen MR) is 150 cm³/mol. The molecular formula is C29H29N5O2S. The summed E-state index contributed by atoms with van der Waals surface area (Å²) in [4.78, 5) is 18.9. The number of hydrogen-bond donors (Lipinski definition) is 2. The lowest BCUT2D eigenvalue weighted by molar-refractivity contribution is -0.119. The Balaban J connectivity index is 1.61. The summed E-state index contributed by atoms with van der Waals surface area (Å²) in [6.45, 7) is 4.09. The number of anilines is 2. The van der Waals surface area contributed by atoms with Gasteiger partial charge in [-0.1, -0.05) is 24.3 Å². The fraction of sp³-hybridized carbons (Fsp3) is 0.207. The molecule has 1 saturated heterocycles. The molecule has 8 heteroatoms. The number of para-hydroxylation sites is 1. The number of ether oxygens (including phenoxy) is 1. The van der Waals surface area contributed by atoms with E-state index < -0.39 is 0 Å². The van der Waals surface area contributed by atoms with E-state index in [1.807, 2.05) is 67.7 Å². The SMILES string of the molecule is COCC(=O)Nc1ccc(N2C(=S)NC(c3ccccn3)C2c2ccc(C)n2-c2ccccc2)cc1C. The first-order chi connectivity index (χ1) is 18.0. The number of benzene rings is 2. The van der Waals surface area contributed by atoms with Gasteiger partial charge in [-0.3, -0.25) is 9.78 Å². The smallest absolute Gasteiger partial charge is 0.250 e. The summed E-state index contributed by atoms with van der Waals surface area (Å²) in [5.74, 6) is -0.194. The van der Waals surface area contributed by atoms with Gasteiger partial charge in [0.15, 0.2) is 5.11 Å². The van der Waals surface area contributed by atoms with E-state index in [1.54, 1.807) is 0 Å². The predicted octanol–water partition coefficient (Wildman–Crippen LogP) is 5.25. The van der Waals surface area contributed by atoms with Crippen LogP contribution in [0.1, 0.15) is 34.7 Å². The molecule has 0 radical (unpaired) electrons. The molecule has 1 amide bonds. The fourth-order valence-corrected chi connectivity index (χ4v) is 5.25. The Morgan fingerprint density at radius 3 is 2.51 bits per heavy atom. The second-order valence-corrected chi connectivity index (χ2v) is 9.43. The van der Waals surface area contributed by atoms with E-state index in [2.05, 4.69) is 56.3 Å². The highest BCUT2D eigenvalue weighted by Gasteiger charge is 2.42. The zero-order valence-electron chi connectivity index (χ0n) is 21.0. The number of carbonyl (C=O) groups is 1. The summed E-state index contributed by atoms with van der Waals surface area (Å²) in [5, 5.41) is 7.06. The number of carbonyl (C=O) groups excluding carboxylic acids is 1. The third kappa shape index (κ3) is 4.85. The number of aryl methyl sites for hydroxylation is 2. The van der Waals surface area contributed by atoms with Crippen molar-refractivity contribution in [1.82, 2.24) is 14.9 Å². The molecule has 0 spiro atoms. The molecular weight excluding hydrogens is 482 g/mol. The summed E-state index contributed by atoms with van der Waals surface area (Å²) in [5.41, 5.74) is 6.83. The van der Waals surface area contributed by atoms with Crippen LogP contribution in [0.4, 0.5) is 11.4 Å². The number of methoxy groups -OCH3 is 1. The van der Waals surface area contributed by atoms with E-state index >= 15 is 0 Å². The minimum atomic E-state index is -0.194. The highest BCUT2D eigenvalue weighted by Crippen LogP contribution is 2.43. The van der Waals surface area contributed by atoms with Gasteiger partial charge in [0, 0.05) is 41.8 Å². The van der Waals surface area contributed by atoms with Gasteiger partial charge >= 0.3 is 0 Å². The molecule has 37 heavy (non-hydrogen) atoms. The summed E-state index contributed by atoms with van der Waals surface area (Å²) in [6.07, 6.45) is 1.81. The first kappa shape index (κ1) is 24.7. The number of nitrogens with zero attached hydrogens (tertiary/aromatic N) is 3. The van der Waals surface area contributed by atoms with Crippen molar-refractivity contribution in [3.8, 4) is 5.69 Å². The average molecular weight is 512 g/mol. The molecule has 3 heterocycles. The number of hydrogen-bond acceptors (Lipinski definition) is 4. The Kier molecular flexibility index (Phi) is 7.03. The van der Waals surface area contributed by atoms with Gasteiger partial charge in [0.1, 0.15) is 12.6 Å². The lowest BCUT2D eigenvalue weighted by Gasteiger charge is -2.30. The van der Waals surface area contributed by atoms with Gasteiger partial charge in [0.25, 0.3) is 0 Å². The van der Waals surface area contributed by atoms with Crippen molar-refractivity contribution >= 4 is 34.6 Å². The van der Waals surface area contributed by atoms with Gasteiger partial charge in [0.05, 0.1) is 11.7 Å². The van der Waals surface area contributed by atoms with Crippen molar-refractivity contribution in [3.05, 3.63) is 108 Å². The molecule has 7 nitrogen and oxygen atoms in total. The van der Waals surface area contributed by atoms with Crippen molar-refractivity contribution in [3.63, 3.8) is 0 Å². The van der Waals surface area contributed by atoms with E-state index in [9.17, 15) is 4.79 Å². The molecule has 2 aromatic carbocycles. The molecule has 188 valence electrons. The molecule has 2 unspecified atom stereocenters. The van der Waals surface area contributed by atoms with E-state index in [0.717, 1.165) is 39.7 Å². The minimum Gasteiger partial charge on any atom is -0.375 e. The Hall–Kier alpha value is -4.01. The van der Waals surface area contributed by atoms with Crippen LogP contribution in [0.2, 0.25) is 0 Å². The van der Waals surface area contributed by atoms with Crippen LogP contribution < -0.4 is 15.5 Å². The summed E-state index contributed by atoms with van der Waals surface area (Å²) < 4.78 is 7.22. The Morgan fingerprint density at radius 2 is 1.81 bits per heavy atom. The molecule has 1 fully saturated rings. The Labute approximate surface area is 222 Å². The normalized spacial score (nSPS) is 17.1. The summed E-state index contributed by atoms with van der Waals surface area (Å²) >= 11 is 5.92. The molecule has 5 rings (SSSR count). The zero-order chi connectivity index (χ0) is 25.9. The van der Waals surface area contributed by atoms with Gasteiger partial charge in [0.2, 0.25) is 5.91 Å². The van der Waals surface area contributed by atoms with Gasteiger partial charge in [-0.25, -0.2) is 0 Å². The Bertz CT molecular complexity index is 1420. The van der Waals surface area contributed by atoms with Gasteiger partial charge < -0.3 is 24.8 Å². The zero-order valence-corrected chi connectivity index (χ0v) is 21.8. The van der Waals surface area contributed by atoms with Crippen LogP contribution >= 0.6 is 12.2 Å². The van der Waals surface area contributed by atoms with E-state index in [4.69, 9.17) is 17.0 Å². The molecule has 0 saturated carbocycles. The van der Waals surface area contributed by atoms with E-state index in [-0.39, 0.29) is 24.6 Å². The van der Waals surface area contributed by atoms with Gasteiger partial charge in [-0.05, 0) is 86.2 Å². The average Bonchev–Trinajstić information content (AvgIpc) is 3.45. The van der Waals surface area contributed by atoms with E-state index in [1.165, 1.54) is 7.11 Å². The van der Waals surface area contributed by atoms with Crippen LogP contribution in [0.25, 0.3) is 5.69 Å². The molecule has 0 bridgehead atoms. The lowest BCUT2D eigenvalue weighted by atomic mass is 10.00. The van der Waals surface area contributed by atoms with Crippen molar-refractivity contribution < 1.29 is 9.53 Å². The van der Waals surface area contributed by atoms with Crippen LogP contribution in [0, 0.1) is 13.8 Å². The third-order valence-electron chi connectivity index (χ3n) is 6.56. The molecule has 2 atom stereocenters. The van der Waals surface area contributed by atoms with Crippen molar-refractivity contribution in [2.75, 3.05) is 23.9 Å². The number of nitrogens with one attached hydrogen (secondary N) is 2. The fourth-order valence-electron chi connectivity index (χ4n) is 4.91. The van der Waals surface area contributed by atoms with Crippen molar-refractivity contribution in [1.29, 1.82) is 0 Å². The molecule has 1 aliphatic rings. The molecule has 4 aromatic rings. The third-order valence-corrected chi connectivity index (χ3v) is 6.87. The van der Waals surface area contributed by atoms with Crippen LogP contribution in [0.15, 0.2) is 85.1 Å². The van der Waals surface area contributed by atoms with Crippen LogP contribution in [-0.2, 0) is 9.53 Å². The number of thiocarbonyl (C=S) groups is 1. The minimum absolute atomic E-state index is 0.00494. The number of rotatable bonds is 7. The molecule has 1 aliphatic heterocycles. The first-order valence-electron chi connectivity index (χ1n) is 12.1. The van der Waals surface area contributed by atoms with Gasteiger partial charge in [-0.2, -0.15) is 0 Å². The number of amides is 1. The molecule has 2 N–H and O–H groups in total. The number of aromatic nitrogens is 2. The Morgan fingerprint density at radius 1 is 1.03 bits per heavy atom. The standard InChI is InChI=1S/C29H29N5O2S/c1-19-17-22(13-14-23(19)31-26(35)18-36-3)34-28(27(32-29(34)37)24-11-7-8-16-30-24)25-15-12-20(2)33(25)21-9-5-4-6-10-21/h4-17,27-28H,18H2,1-3H3,(H,31,35)(H,32,37). The van der Waals surface area contributed by atoms with Crippen molar-refractivity contribution in [2.45, 2.75) is 25.9 Å². The maximum absolute atomic E-state index is 12.1. The second-order valence-electron chi connectivity index (χ2n) is 9.05. The molecule has 0 aliphatic carbocycles. The first-order valence-corrected chi connectivity index (χ1v) is 12.5. The second kappa shape index (κ2) is 10.5. The van der Waals surface area contributed by atoms with E-state index in [0.29, 0.717) is 5.11 Å². The highest BCUT2D eigenvalue weighted by atomic mass is 32.1. The maximum Gasteiger partial charge on any atom is 0.250 e. The van der Waals surface area contributed by atoms with Crippen LogP contribution in [-0.4, -0.2) is 34.3 Å². The molecule has 2 aromatic heterocycles. The highest BCUT2D eigenvalue weighted by molar-refractivity contribution is 7.80. The monoisotopic (exact) mass is 511 g/mol. The van der Waals surface area contributed by atoms with Crippen LogP contribution in [0.3, 0.4) is 0 Å². The largest absolute Gasteiger partial charge is 0.375 e. The lowest BCUT2D eigenvalue weighted by Crippen LogP contribution is -2.30. The van der Waals surface area contributed by atoms with Gasteiger partial charge in [-0.15, -0.1) is 0 Å². The quantitative estimate of drug-likeness (QED) is 0.330. The van der Waals surface area contributed by atoms with Crippen LogP contribution in [0.5, 0.6) is 0 Å². The number of pyridine rings is 1. The summed E-state index contributed by atoms with van der Waals surface area (Å²) in [6, 6.07) is 26.2. The maximum atomic E-state index is 12.1. The summed E-state index contributed by atoms with van der Waals surface area (Å²) in [7, 11) is 1.50.